The van der Waals surface area contributed by atoms with Crippen LogP contribution in [0.5, 0.6) is 0 Å². The molecule has 0 saturated heterocycles. The van der Waals surface area contributed by atoms with Crippen LogP contribution >= 0.6 is 0 Å². The van der Waals surface area contributed by atoms with Crippen molar-refractivity contribution in [1.82, 2.24) is 0 Å². The first-order chi connectivity index (χ1) is 17.8. The van der Waals surface area contributed by atoms with E-state index in [0.717, 1.165) is 19.4 Å². The van der Waals surface area contributed by atoms with E-state index in [1.54, 1.807) is 0 Å². The quantitative estimate of drug-likeness (QED) is 0.243. The predicted octanol–water partition coefficient (Wildman–Crippen LogP) is 8.62. The summed E-state index contributed by atoms with van der Waals surface area (Å²) in [6.45, 7) is 3.14. The predicted molar refractivity (Wildman–Crippen MR) is 151 cm³/mol. The lowest BCUT2D eigenvalue weighted by Gasteiger charge is -2.43. The molecule has 1 heteroatoms. The summed E-state index contributed by atoms with van der Waals surface area (Å²) in [4.78, 5) is 2.69. The van der Waals surface area contributed by atoms with Crippen LogP contribution in [-0.2, 0) is 18.5 Å². The highest BCUT2D eigenvalue weighted by Gasteiger charge is 2.49. The number of fused-ring (bicyclic) bond motifs is 1. The highest BCUT2D eigenvalue weighted by Crippen LogP contribution is 2.53. The summed E-state index contributed by atoms with van der Waals surface area (Å²) in [6.07, 6.45) is 2.15. The molecule has 36 heavy (non-hydrogen) atoms. The topological polar surface area (TPSA) is 3.24 Å². The number of benzene rings is 5. The van der Waals surface area contributed by atoms with Gasteiger partial charge in [-0.1, -0.05) is 147 Å². The third kappa shape index (κ3) is 3.55. The van der Waals surface area contributed by atoms with E-state index in [-0.39, 0.29) is 0 Å². The molecule has 0 amide bonds. The van der Waals surface area contributed by atoms with Crippen LogP contribution in [0.15, 0.2) is 133 Å². The molecule has 6 rings (SSSR count). The summed E-state index contributed by atoms with van der Waals surface area (Å²) in [6, 6.07) is 48.9. The minimum Gasteiger partial charge on any atom is -0.349 e. The van der Waals surface area contributed by atoms with E-state index < -0.39 is 5.54 Å². The number of hydrogen-bond donors (Lipinski definition) is 0. The lowest BCUT2D eigenvalue weighted by Crippen LogP contribution is -2.44. The van der Waals surface area contributed by atoms with Crippen molar-refractivity contribution in [3.05, 3.63) is 161 Å². The fourth-order valence-corrected chi connectivity index (χ4v) is 6.07. The first kappa shape index (κ1) is 22.4. The van der Waals surface area contributed by atoms with Gasteiger partial charge in [0.15, 0.2) is 0 Å². The van der Waals surface area contributed by atoms with E-state index in [0.29, 0.717) is 0 Å². The maximum absolute atomic E-state index is 2.69. The Morgan fingerprint density at radius 1 is 0.611 bits per heavy atom. The molecule has 1 heterocycles. The van der Waals surface area contributed by atoms with Gasteiger partial charge in [-0.2, -0.15) is 0 Å². The Bertz CT molecular complexity index is 1420. The minimum atomic E-state index is -0.424. The Morgan fingerprint density at radius 3 is 1.83 bits per heavy atom. The molecule has 0 fully saturated rings. The average Bonchev–Trinajstić information content (AvgIpc) is 3.30. The minimum absolute atomic E-state index is 0.424. The fourth-order valence-electron chi connectivity index (χ4n) is 6.07. The maximum Gasteiger partial charge on any atom is 0.117 e. The normalized spacial score (nSPS) is 14.0. The van der Waals surface area contributed by atoms with Gasteiger partial charge in [-0.25, -0.2) is 0 Å². The molecule has 1 aliphatic rings. The molecule has 0 spiro atoms. The molecular formula is C35H31N. The summed E-state index contributed by atoms with van der Waals surface area (Å²) in [5.41, 5.74) is 10.2. The maximum atomic E-state index is 2.69. The van der Waals surface area contributed by atoms with Crippen LogP contribution in [-0.4, -0.2) is 0 Å². The largest absolute Gasteiger partial charge is 0.349 e. The lowest BCUT2D eigenvalue weighted by atomic mass is 9.76. The van der Waals surface area contributed by atoms with Crippen molar-refractivity contribution >= 4 is 5.69 Å². The monoisotopic (exact) mass is 465 g/mol. The molecule has 5 aromatic carbocycles. The summed E-state index contributed by atoms with van der Waals surface area (Å²) in [5, 5.41) is 0. The fraction of sp³-hybridized carbons (Fsp3) is 0.143. The van der Waals surface area contributed by atoms with E-state index in [1.165, 1.54) is 44.6 Å². The van der Waals surface area contributed by atoms with Crippen LogP contribution in [0, 0.1) is 0 Å². The summed E-state index contributed by atoms with van der Waals surface area (Å²) >= 11 is 0. The summed E-state index contributed by atoms with van der Waals surface area (Å²) < 4.78 is 0. The van der Waals surface area contributed by atoms with Crippen LogP contribution in [0.4, 0.5) is 5.69 Å². The molecule has 176 valence electrons. The van der Waals surface area contributed by atoms with Gasteiger partial charge >= 0.3 is 0 Å². The van der Waals surface area contributed by atoms with Crippen LogP contribution in [0.1, 0.15) is 41.2 Å². The van der Waals surface area contributed by atoms with Gasteiger partial charge in [-0.15, -0.1) is 0 Å². The molecular weight excluding hydrogens is 434 g/mol. The van der Waals surface area contributed by atoms with Gasteiger partial charge in [0, 0.05) is 17.8 Å². The second kappa shape index (κ2) is 9.51. The van der Waals surface area contributed by atoms with Gasteiger partial charge in [0.1, 0.15) is 5.54 Å². The zero-order valence-electron chi connectivity index (χ0n) is 20.8. The van der Waals surface area contributed by atoms with Crippen molar-refractivity contribution in [3.63, 3.8) is 0 Å². The number of para-hydroxylation sites is 1. The van der Waals surface area contributed by atoms with Crippen molar-refractivity contribution in [3.8, 4) is 11.1 Å². The Kier molecular flexibility index (Phi) is 5.91. The van der Waals surface area contributed by atoms with Crippen LogP contribution < -0.4 is 4.90 Å². The first-order valence-electron chi connectivity index (χ1n) is 13.0. The smallest absolute Gasteiger partial charge is 0.117 e. The molecule has 0 aromatic heterocycles. The van der Waals surface area contributed by atoms with E-state index in [2.05, 4.69) is 145 Å². The van der Waals surface area contributed by atoms with Crippen LogP contribution in [0.3, 0.4) is 0 Å². The zero-order chi connectivity index (χ0) is 24.4. The van der Waals surface area contributed by atoms with E-state index >= 15 is 0 Å². The molecule has 0 saturated carbocycles. The molecule has 1 nitrogen and oxygen atoms in total. The van der Waals surface area contributed by atoms with Crippen molar-refractivity contribution in [2.45, 2.75) is 31.8 Å². The second-order valence-electron chi connectivity index (χ2n) is 9.62. The number of hydrogen-bond acceptors (Lipinski definition) is 1. The highest BCUT2D eigenvalue weighted by atomic mass is 15.2. The van der Waals surface area contributed by atoms with Gasteiger partial charge in [0.2, 0.25) is 0 Å². The van der Waals surface area contributed by atoms with Crippen molar-refractivity contribution < 1.29 is 0 Å². The van der Waals surface area contributed by atoms with Gasteiger partial charge in [0.25, 0.3) is 0 Å². The standard InChI is InChI=1S/C35H31N/c1-2-15-28-19-14-24-32(27-16-6-3-7-17-27)34(28)36-26-29-18-12-13-25-33(29)35(36,30-20-8-4-9-21-30)31-22-10-5-11-23-31/h3-14,16-25H,2,15,26H2,1H3. The van der Waals surface area contributed by atoms with Gasteiger partial charge in [-0.05, 0) is 39.8 Å². The molecule has 5 aromatic rings. The molecule has 1 aliphatic heterocycles. The Labute approximate surface area is 214 Å². The first-order valence-corrected chi connectivity index (χ1v) is 13.0. The van der Waals surface area contributed by atoms with Crippen molar-refractivity contribution in [1.29, 1.82) is 0 Å². The van der Waals surface area contributed by atoms with Crippen LogP contribution in [0.2, 0.25) is 0 Å². The van der Waals surface area contributed by atoms with Crippen molar-refractivity contribution in [2.24, 2.45) is 0 Å². The third-order valence-electron chi connectivity index (χ3n) is 7.52. The Morgan fingerprint density at radius 2 is 1.19 bits per heavy atom. The van der Waals surface area contributed by atoms with Crippen molar-refractivity contribution in [2.75, 3.05) is 4.90 Å². The average molecular weight is 466 g/mol. The van der Waals surface area contributed by atoms with Gasteiger partial charge in [0.05, 0.1) is 0 Å². The Hall–Kier alpha value is -4.10. The number of rotatable bonds is 6. The SMILES string of the molecule is CCCc1cccc(-c2ccccc2)c1N1Cc2ccccc2C1(c1ccccc1)c1ccccc1. The third-order valence-corrected chi connectivity index (χ3v) is 7.52. The van der Waals surface area contributed by atoms with Crippen LogP contribution in [0.25, 0.3) is 11.1 Å². The molecule has 0 bridgehead atoms. The molecule has 0 N–H and O–H groups in total. The van der Waals surface area contributed by atoms with Gasteiger partial charge < -0.3 is 4.90 Å². The van der Waals surface area contributed by atoms with E-state index in [9.17, 15) is 0 Å². The summed E-state index contributed by atoms with van der Waals surface area (Å²) in [7, 11) is 0. The summed E-state index contributed by atoms with van der Waals surface area (Å²) in [5.74, 6) is 0. The highest BCUT2D eigenvalue weighted by molar-refractivity contribution is 5.84. The number of anilines is 1. The number of aryl methyl sites for hydroxylation is 1. The number of nitrogens with zero attached hydrogens (tertiary/aromatic N) is 1. The zero-order valence-corrected chi connectivity index (χ0v) is 20.8. The second-order valence-corrected chi connectivity index (χ2v) is 9.62. The molecule has 0 aliphatic carbocycles. The van der Waals surface area contributed by atoms with Gasteiger partial charge in [-0.3, -0.25) is 0 Å². The molecule has 0 atom stereocenters. The van der Waals surface area contributed by atoms with E-state index in [1.807, 2.05) is 0 Å². The van der Waals surface area contributed by atoms with E-state index in [4.69, 9.17) is 0 Å². The Balaban J connectivity index is 1.72. The lowest BCUT2D eigenvalue weighted by molar-refractivity contribution is 0.601. The molecule has 0 radical (unpaired) electrons. The molecule has 0 unspecified atom stereocenters.